The average molecular weight is 448 g/mol. The van der Waals surface area contributed by atoms with Crippen molar-refractivity contribution >= 4 is 23.6 Å². The van der Waals surface area contributed by atoms with Crippen molar-refractivity contribution in [3.8, 4) is 0 Å². The number of piperazine rings is 1. The van der Waals surface area contributed by atoms with Gasteiger partial charge < -0.3 is 9.80 Å². The van der Waals surface area contributed by atoms with Crippen molar-refractivity contribution in [2.75, 3.05) is 31.1 Å². The lowest BCUT2D eigenvalue weighted by molar-refractivity contribution is -0.550. The van der Waals surface area contributed by atoms with E-state index in [0.29, 0.717) is 18.9 Å². The normalized spacial score (nSPS) is 16.2. The first-order valence-electron chi connectivity index (χ1n) is 9.49. The monoisotopic (exact) mass is 448 g/mol. The van der Waals surface area contributed by atoms with Crippen LogP contribution < -0.4 is 15.6 Å². The maximum atomic E-state index is 13.2. The summed E-state index contributed by atoms with van der Waals surface area (Å²) in [4.78, 5) is 28.0. The number of benzene rings is 1. The maximum Gasteiger partial charge on any atom is 0.417 e. The third-order valence-electron chi connectivity index (χ3n) is 4.86. The number of carbonyl (C=O) groups excluding carboxylic acids is 2. The molecule has 14 heteroatoms. The summed E-state index contributed by atoms with van der Waals surface area (Å²) in [6, 6.07) is 7.84. The van der Waals surface area contributed by atoms with Gasteiger partial charge in [0.25, 0.3) is 11.8 Å². The van der Waals surface area contributed by atoms with Crippen LogP contribution in [0.4, 0.5) is 19.0 Å². The van der Waals surface area contributed by atoms with E-state index in [-0.39, 0.29) is 30.3 Å². The number of hydrogen-bond donors (Lipinski definition) is 2. The van der Waals surface area contributed by atoms with Gasteiger partial charge >= 0.3 is 12.1 Å². The van der Waals surface area contributed by atoms with Crippen LogP contribution in [0.25, 0.3) is 0 Å². The van der Waals surface area contributed by atoms with Crippen molar-refractivity contribution < 1.29 is 28.2 Å². The smallest absolute Gasteiger partial charge is 0.352 e. The molecule has 0 atom stereocenters. The Kier molecular flexibility index (Phi) is 5.77. The lowest BCUT2D eigenvalue weighted by atomic mass is 10.1. The quantitative estimate of drug-likeness (QED) is 0.657. The largest absolute Gasteiger partial charge is 0.417 e. The summed E-state index contributed by atoms with van der Waals surface area (Å²) in [6.45, 7) is 1.15. The summed E-state index contributed by atoms with van der Waals surface area (Å²) >= 11 is 0. The van der Waals surface area contributed by atoms with Crippen LogP contribution in [0, 0.1) is 0 Å². The van der Waals surface area contributed by atoms with Gasteiger partial charge in [-0.05, 0) is 29.4 Å². The van der Waals surface area contributed by atoms with Gasteiger partial charge in [0, 0.05) is 31.4 Å². The fraction of sp³-hybridized carbons (Fsp3) is 0.278. The summed E-state index contributed by atoms with van der Waals surface area (Å²) in [5, 5.41) is 20.9. The number of halogens is 3. The van der Waals surface area contributed by atoms with E-state index in [2.05, 4.69) is 31.1 Å². The predicted molar refractivity (Wildman–Crippen MR) is 103 cm³/mol. The van der Waals surface area contributed by atoms with Gasteiger partial charge in [-0.3, -0.25) is 14.9 Å². The van der Waals surface area contributed by atoms with E-state index in [1.165, 1.54) is 34.6 Å². The molecule has 0 saturated carbocycles. The topological polar surface area (TPSA) is 132 Å². The van der Waals surface area contributed by atoms with E-state index < -0.39 is 23.6 Å². The maximum absolute atomic E-state index is 13.2. The highest BCUT2D eigenvalue weighted by atomic mass is 19.4. The van der Waals surface area contributed by atoms with Crippen molar-refractivity contribution in [1.82, 2.24) is 20.4 Å². The van der Waals surface area contributed by atoms with E-state index in [1.54, 1.807) is 6.07 Å². The molecule has 0 aliphatic carbocycles. The van der Waals surface area contributed by atoms with Crippen molar-refractivity contribution in [3.05, 3.63) is 53.2 Å². The molecule has 2 amide bonds. The molecule has 0 unspecified atom stereocenters. The van der Waals surface area contributed by atoms with Crippen LogP contribution in [0.2, 0.25) is 0 Å². The fourth-order valence-corrected chi connectivity index (χ4v) is 3.26. The molecule has 0 bridgehead atoms. The standard InChI is InChI=1S/C18H16F3N9O2/c19-18(20,21)12-4-2-1-3-11(12)16(32)30-9-7-29(8-10-30)14-6-5-13(23-24-14)15(31)22-17-25-27-28-26-17/h1-6H,7-10H2,(H2,22,25,26,27,28,31)/p+1. The molecule has 3 heterocycles. The number of nitrogens with two attached hydrogens (primary N) is 1. The lowest BCUT2D eigenvalue weighted by Gasteiger charge is -2.35. The Hall–Kier alpha value is -3.94. The third kappa shape index (κ3) is 4.54. The molecule has 1 aromatic heterocycles. The van der Waals surface area contributed by atoms with Crippen molar-refractivity contribution in [1.29, 1.82) is 0 Å². The molecule has 2 aliphatic heterocycles. The van der Waals surface area contributed by atoms with Gasteiger partial charge in [0.15, 0.2) is 11.5 Å². The zero-order valence-corrected chi connectivity index (χ0v) is 16.5. The average Bonchev–Trinajstić information content (AvgIpc) is 3.31. The Morgan fingerprint density at radius 3 is 2.38 bits per heavy atom. The number of anilines is 1. The van der Waals surface area contributed by atoms with Crippen molar-refractivity contribution in [2.45, 2.75) is 6.18 Å². The number of hydrogen-bond acceptors (Lipinski definition) is 8. The lowest BCUT2D eigenvalue weighted by Crippen LogP contribution is -2.84. The molecule has 2 aromatic rings. The number of amides is 2. The summed E-state index contributed by atoms with van der Waals surface area (Å²) < 4.78 is 39.7. The Bertz CT molecular complexity index is 1080. The summed E-state index contributed by atoms with van der Waals surface area (Å²) in [6.07, 6.45) is -4.61. The van der Waals surface area contributed by atoms with Crippen LogP contribution in [0.3, 0.4) is 0 Å². The van der Waals surface area contributed by atoms with Gasteiger partial charge in [-0.15, -0.1) is 15.6 Å². The molecular formula is C18H17F3N9O2+. The fourth-order valence-electron chi connectivity index (χ4n) is 3.26. The summed E-state index contributed by atoms with van der Waals surface area (Å²) in [7, 11) is 0. The molecule has 1 saturated heterocycles. The number of carbonyl (C=O) groups is 2. The van der Waals surface area contributed by atoms with E-state index in [1.807, 2.05) is 4.90 Å². The Balaban J connectivity index is 1.37. The molecule has 1 fully saturated rings. The summed E-state index contributed by atoms with van der Waals surface area (Å²) in [5.41, 5.74) is 0.0337. The second-order valence-electron chi connectivity index (χ2n) is 6.87. The second-order valence-corrected chi connectivity index (χ2v) is 6.87. The van der Waals surface area contributed by atoms with Crippen LogP contribution in [0.1, 0.15) is 26.4 Å². The molecule has 11 nitrogen and oxygen atoms in total. The van der Waals surface area contributed by atoms with Gasteiger partial charge in [0.05, 0.1) is 16.4 Å². The number of nitrogens with zero attached hydrogens (tertiary/aromatic N) is 7. The first-order valence-corrected chi connectivity index (χ1v) is 9.49. The summed E-state index contributed by atoms with van der Waals surface area (Å²) in [5.74, 6) is -0.515. The SMILES string of the molecule is O=C(NC1=NN=N[NH2+]1)c1ccc(N2CCN(C(=O)c3ccccc3C(F)(F)F)CC2)nn1. The minimum absolute atomic E-state index is 0.0642. The van der Waals surface area contributed by atoms with Crippen LogP contribution >= 0.6 is 0 Å². The van der Waals surface area contributed by atoms with Crippen LogP contribution in [0.5, 0.6) is 0 Å². The first kappa shape index (κ1) is 21.3. The van der Waals surface area contributed by atoms with E-state index in [9.17, 15) is 22.8 Å². The second kappa shape index (κ2) is 8.66. The minimum Gasteiger partial charge on any atom is -0.352 e. The van der Waals surface area contributed by atoms with Gasteiger partial charge in [-0.2, -0.15) is 13.2 Å². The van der Waals surface area contributed by atoms with Gasteiger partial charge in [-0.25, -0.2) is 0 Å². The van der Waals surface area contributed by atoms with Gasteiger partial charge in [0.2, 0.25) is 0 Å². The highest BCUT2D eigenvalue weighted by Gasteiger charge is 2.36. The molecule has 32 heavy (non-hydrogen) atoms. The van der Waals surface area contributed by atoms with Crippen LogP contribution in [-0.2, 0) is 6.18 Å². The number of aromatic nitrogens is 2. The zero-order chi connectivity index (χ0) is 22.7. The number of guanidine groups is 1. The zero-order valence-electron chi connectivity index (χ0n) is 16.5. The highest BCUT2D eigenvalue weighted by Crippen LogP contribution is 2.32. The molecule has 0 spiro atoms. The molecule has 0 radical (unpaired) electrons. The van der Waals surface area contributed by atoms with Crippen LogP contribution in [-0.4, -0.2) is 59.1 Å². The number of quaternary nitrogens is 1. The van der Waals surface area contributed by atoms with E-state index in [0.717, 1.165) is 6.07 Å². The molecule has 1 aromatic carbocycles. The highest BCUT2D eigenvalue weighted by molar-refractivity contribution is 6.02. The predicted octanol–water partition coefficient (Wildman–Crippen LogP) is 0.403. The van der Waals surface area contributed by atoms with Crippen molar-refractivity contribution in [2.24, 2.45) is 15.5 Å². The third-order valence-corrected chi connectivity index (χ3v) is 4.86. The Morgan fingerprint density at radius 2 is 1.75 bits per heavy atom. The van der Waals surface area contributed by atoms with Crippen molar-refractivity contribution in [3.63, 3.8) is 0 Å². The van der Waals surface area contributed by atoms with E-state index in [4.69, 9.17) is 0 Å². The Morgan fingerprint density at radius 1 is 1.00 bits per heavy atom. The molecule has 2 aliphatic rings. The van der Waals surface area contributed by atoms with E-state index >= 15 is 0 Å². The molecule has 3 N–H and O–H groups in total. The van der Waals surface area contributed by atoms with Crippen LogP contribution in [0.15, 0.2) is 51.9 Å². The minimum atomic E-state index is -4.61. The molecule has 166 valence electrons. The Labute approximate surface area is 179 Å². The molecule has 4 rings (SSSR count). The first-order chi connectivity index (χ1) is 15.3. The number of nitrogens with one attached hydrogen (secondary N) is 1. The van der Waals surface area contributed by atoms with Gasteiger partial charge in [-0.1, -0.05) is 12.1 Å². The number of rotatable bonds is 3. The molecular weight excluding hydrogens is 431 g/mol. The number of alkyl halides is 3. The van der Waals surface area contributed by atoms with Gasteiger partial charge in [0.1, 0.15) is 0 Å².